The fraction of sp³-hybridized carbons (Fsp3) is 0.647. The largest absolute Gasteiger partial charge is 0.496 e. The van der Waals surface area contributed by atoms with Gasteiger partial charge in [-0.2, -0.15) is 0 Å². The number of hydrogen-bond donors (Lipinski definition) is 1. The molecular formula is C17H25ClN2O. The maximum atomic E-state index is 6.41. The van der Waals surface area contributed by atoms with Gasteiger partial charge >= 0.3 is 0 Å². The van der Waals surface area contributed by atoms with Crippen LogP contribution in [0, 0.1) is 0 Å². The number of methoxy groups -OCH3 is 1. The van der Waals surface area contributed by atoms with E-state index in [0.717, 1.165) is 29.4 Å². The molecule has 1 aromatic carbocycles. The predicted octanol–water partition coefficient (Wildman–Crippen LogP) is 3.46. The van der Waals surface area contributed by atoms with Crippen LogP contribution in [-0.4, -0.2) is 37.2 Å². The third-order valence-corrected chi connectivity index (χ3v) is 5.24. The Kier molecular flexibility index (Phi) is 5.04. The molecule has 0 aliphatic carbocycles. The first-order chi connectivity index (χ1) is 10.3. The number of halogens is 1. The van der Waals surface area contributed by atoms with Crippen molar-refractivity contribution in [1.29, 1.82) is 0 Å². The fourth-order valence-corrected chi connectivity index (χ4v) is 4.02. The monoisotopic (exact) mass is 308 g/mol. The summed E-state index contributed by atoms with van der Waals surface area (Å²) in [6, 6.07) is 7.22. The van der Waals surface area contributed by atoms with Crippen molar-refractivity contribution in [2.24, 2.45) is 0 Å². The van der Waals surface area contributed by atoms with Crippen molar-refractivity contribution in [1.82, 2.24) is 10.2 Å². The summed E-state index contributed by atoms with van der Waals surface area (Å²) in [5.41, 5.74) is 1.13. The molecule has 0 aromatic heterocycles. The van der Waals surface area contributed by atoms with E-state index < -0.39 is 0 Å². The highest BCUT2D eigenvalue weighted by Gasteiger charge is 2.32. The van der Waals surface area contributed by atoms with Gasteiger partial charge in [0.05, 0.1) is 7.11 Å². The van der Waals surface area contributed by atoms with Crippen LogP contribution in [0.3, 0.4) is 0 Å². The zero-order valence-corrected chi connectivity index (χ0v) is 13.5. The van der Waals surface area contributed by atoms with E-state index in [1.165, 1.54) is 38.6 Å². The highest BCUT2D eigenvalue weighted by Crippen LogP contribution is 2.31. The molecule has 0 radical (unpaired) electrons. The van der Waals surface area contributed by atoms with Gasteiger partial charge in [-0.25, -0.2) is 0 Å². The number of likely N-dealkylation sites (tertiary alicyclic amines) is 1. The number of ether oxygens (including phenoxy) is 1. The third-order valence-electron chi connectivity index (χ3n) is 4.88. The normalized spacial score (nSPS) is 27.0. The fourth-order valence-electron chi connectivity index (χ4n) is 3.80. The molecule has 0 bridgehead atoms. The zero-order valence-electron chi connectivity index (χ0n) is 12.8. The highest BCUT2D eigenvalue weighted by atomic mass is 35.5. The lowest BCUT2D eigenvalue weighted by molar-refractivity contribution is 0.111. The number of nitrogens with one attached hydrogen (secondary N) is 1. The van der Waals surface area contributed by atoms with Crippen molar-refractivity contribution in [2.75, 3.05) is 20.2 Å². The van der Waals surface area contributed by atoms with Gasteiger partial charge in [-0.15, -0.1) is 0 Å². The van der Waals surface area contributed by atoms with Gasteiger partial charge in [0.1, 0.15) is 5.75 Å². The molecule has 21 heavy (non-hydrogen) atoms. The van der Waals surface area contributed by atoms with Crippen molar-refractivity contribution in [3.05, 3.63) is 28.8 Å². The first kappa shape index (κ1) is 15.1. The third kappa shape index (κ3) is 3.36. The second-order valence-electron chi connectivity index (χ2n) is 6.16. The molecule has 2 aliphatic rings. The molecule has 0 amide bonds. The van der Waals surface area contributed by atoms with Crippen molar-refractivity contribution >= 4 is 11.6 Å². The minimum absolute atomic E-state index is 0.641. The van der Waals surface area contributed by atoms with E-state index in [9.17, 15) is 0 Å². The van der Waals surface area contributed by atoms with Crippen LogP contribution in [0.25, 0.3) is 0 Å². The number of hydrogen-bond acceptors (Lipinski definition) is 3. The maximum absolute atomic E-state index is 6.41. The summed E-state index contributed by atoms with van der Waals surface area (Å²) < 4.78 is 5.50. The van der Waals surface area contributed by atoms with Crippen molar-refractivity contribution in [3.8, 4) is 5.75 Å². The van der Waals surface area contributed by atoms with Crippen LogP contribution >= 0.6 is 11.6 Å². The van der Waals surface area contributed by atoms with E-state index in [-0.39, 0.29) is 0 Å². The summed E-state index contributed by atoms with van der Waals surface area (Å²) in [5.74, 6) is 0.909. The average molecular weight is 309 g/mol. The number of rotatable bonds is 4. The Hall–Kier alpha value is -0.770. The second-order valence-corrected chi connectivity index (χ2v) is 6.56. The summed E-state index contributed by atoms with van der Waals surface area (Å²) in [4.78, 5) is 2.61. The lowest BCUT2D eigenvalue weighted by Gasteiger charge is -2.39. The molecule has 4 heteroatoms. The molecule has 116 valence electrons. The quantitative estimate of drug-likeness (QED) is 0.922. The topological polar surface area (TPSA) is 24.5 Å². The summed E-state index contributed by atoms with van der Waals surface area (Å²) in [5, 5.41) is 4.50. The first-order valence-electron chi connectivity index (χ1n) is 8.08. The molecule has 2 unspecified atom stereocenters. The minimum atomic E-state index is 0.641. The van der Waals surface area contributed by atoms with Crippen LogP contribution < -0.4 is 10.1 Å². The minimum Gasteiger partial charge on any atom is -0.496 e. The number of benzene rings is 1. The van der Waals surface area contributed by atoms with Crippen LogP contribution in [0.1, 0.15) is 37.7 Å². The first-order valence-corrected chi connectivity index (χ1v) is 8.46. The van der Waals surface area contributed by atoms with E-state index in [1.54, 1.807) is 7.11 Å². The van der Waals surface area contributed by atoms with Crippen molar-refractivity contribution in [2.45, 2.75) is 50.7 Å². The highest BCUT2D eigenvalue weighted by molar-refractivity contribution is 6.31. The Morgan fingerprint density at radius 3 is 2.95 bits per heavy atom. The van der Waals surface area contributed by atoms with Crippen LogP contribution in [0.15, 0.2) is 18.2 Å². The molecule has 1 N–H and O–H groups in total. The van der Waals surface area contributed by atoms with Crippen LogP contribution in [0.2, 0.25) is 5.02 Å². The molecule has 2 heterocycles. The van der Waals surface area contributed by atoms with Crippen LogP contribution in [0.5, 0.6) is 5.75 Å². The van der Waals surface area contributed by atoms with Gasteiger partial charge in [-0.1, -0.05) is 24.1 Å². The van der Waals surface area contributed by atoms with Crippen molar-refractivity contribution < 1.29 is 4.74 Å². The maximum Gasteiger partial charge on any atom is 0.124 e. The van der Waals surface area contributed by atoms with Gasteiger partial charge in [-0.05, 0) is 50.9 Å². The Morgan fingerprint density at radius 1 is 1.29 bits per heavy atom. The Labute approximate surface area is 132 Å². The SMILES string of the molecule is COc1cccc(Cl)c1CN1CCCCC1C1CCCN1. The molecule has 2 atom stereocenters. The molecule has 2 aliphatic heterocycles. The molecular weight excluding hydrogens is 284 g/mol. The molecule has 2 fully saturated rings. The average Bonchev–Trinajstić information content (AvgIpc) is 3.04. The smallest absolute Gasteiger partial charge is 0.124 e. The van der Waals surface area contributed by atoms with Gasteiger partial charge in [0.15, 0.2) is 0 Å². The standard InChI is InChI=1S/C17H25ClN2O/c1-21-17-9-4-6-14(18)13(17)12-20-11-3-2-8-16(20)15-7-5-10-19-15/h4,6,9,15-16,19H,2-3,5,7-8,10-12H2,1H3. The Morgan fingerprint density at radius 2 is 2.19 bits per heavy atom. The van der Waals surface area contributed by atoms with E-state index >= 15 is 0 Å². The van der Waals surface area contributed by atoms with E-state index in [4.69, 9.17) is 16.3 Å². The molecule has 0 saturated carbocycles. The molecule has 0 spiro atoms. The van der Waals surface area contributed by atoms with E-state index in [2.05, 4.69) is 10.2 Å². The lowest BCUT2D eigenvalue weighted by Crippen LogP contribution is -2.49. The van der Waals surface area contributed by atoms with Gasteiger partial charge in [0.2, 0.25) is 0 Å². The zero-order chi connectivity index (χ0) is 14.7. The van der Waals surface area contributed by atoms with Gasteiger partial charge in [0.25, 0.3) is 0 Å². The summed E-state index contributed by atoms with van der Waals surface area (Å²) in [7, 11) is 1.72. The summed E-state index contributed by atoms with van der Waals surface area (Å²) >= 11 is 6.41. The van der Waals surface area contributed by atoms with Gasteiger partial charge in [-0.3, -0.25) is 4.90 Å². The van der Waals surface area contributed by atoms with Gasteiger partial charge < -0.3 is 10.1 Å². The lowest BCUT2D eigenvalue weighted by atomic mass is 9.94. The predicted molar refractivity (Wildman–Crippen MR) is 87.1 cm³/mol. The van der Waals surface area contributed by atoms with E-state index in [1.807, 2.05) is 18.2 Å². The molecule has 3 rings (SSSR count). The number of nitrogens with zero attached hydrogens (tertiary/aromatic N) is 1. The van der Waals surface area contributed by atoms with Crippen LogP contribution in [-0.2, 0) is 6.54 Å². The van der Waals surface area contributed by atoms with Crippen LogP contribution in [0.4, 0.5) is 0 Å². The molecule has 3 nitrogen and oxygen atoms in total. The summed E-state index contributed by atoms with van der Waals surface area (Å²) in [6.07, 6.45) is 6.55. The Bertz CT molecular complexity index is 474. The van der Waals surface area contributed by atoms with Crippen molar-refractivity contribution in [3.63, 3.8) is 0 Å². The number of piperidine rings is 1. The molecule has 1 aromatic rings. The second kappa shape index (κ2) is 6.99. The Balaban J connectivity index is 1.78. The molecule has 2 saturated heterocycles. The summed E-state index contributed by atoms with van der Waals surface area (Å²) in [6.45, 7) is 3.23. The van der Waals surface area contributed by atoms with Gasteiger partial charge in [0, 0.05) is 29.2 Å². The van der Waals surface area contributed by atoms with E-state index in [0.29, 0.717) is 12.1 Å².